The van der Waals surface area contributed by atoms with Crippen molar-refractivity contribution >= 4 is 23.6 Å². The number of hydrogen-bond donors (Lipinski definition) is 2. The first-order chi connectivity index (χ1) is 9.54. The lowest BCUT2D eigenvalue weighted by Gasteiger charge is -2.07. The summed E-state index contributed by atoms with van der Waals surface area (Å²) in [5.74, 6) is 1.20. The summed E-state index contributed by atoms with van der Waals surface area (Å²) < 4.78 is 1.72. The Hall–Kier alpha value is -1.64. The molecule has 1 heterocycles. The predicted molar refractivity (Wildman–Crippen MR) is 76.1 cm³/mol. The van der Waals surface area contributed by atoms with E-state index in [2.05, 4.69) is 26.2 Å². The van der Waals surface area contributed by atoms with Crippen LogP contribution in [0.5, 0.6) is 0 Å². The van der Waals surface area contributed by atoms with Crippen molar-refractivity contribution in [1.29, 1.82) is 0 Å². The number of carbonyl (C=O) groups excluding carboxylic acids is 2. The van der Waals surface area contributed by atoms with Gasteiger partial charge in [-0.05, 0) is 31.2 Å². The van der Waals surface area contributed by atoms with E-state index in [4.69, 9.17) is 0 Å². The third kappa shape index (κ3) is 5.55. The lowest BCUT2D eigenvalue weighted by atomic mass is 10.4. The Morgan fingerprint density at radius 3 is 2.70 bits per heavy atom. The second-order valence-corrected chi connectivity index (χ2v) is 5.34. The minimum Gasteiger partial charge on any atom is -0.355 e. The summed E-state index contributed by atoms with van der Waals surface area (Å²) in [6.45, 7) is 6.37. The maximum atomic E-state index is 11.5. The molecule has 0 aliphatic rings. The number of rotatable bonds is 8. The number of tetrazole rings is 1. The summed E-state index contributed by atoms with van der Waals surface area (Å²) in [4.78, 5) is 22.7. The molecule has 1 aromatic heterocycles. The highest BCUT2D eigenvalue weighted by molar-refractivity contribution is 7.99. The van der Waals surface area contributed by atoms with Crippen LogP contribution in [0.25, 0.3) is 0 Å². The fraction of sp³-hybridized carbons (Fsp3) is 0.727. The highest BCUT2D eigenvalue weighted by Crippen LogP contribution is 2.11. The van der Waals surface area contributed by atoms with Crippen molar-refractivity contribution < 1.29 is 9.59 Å². The van der Waals surface area contributed by atoms with Crippen LogP contribution in [0.4, 0.5) is 0 Å². The summed E-state index contributed by atoms with van der Waals surface area (Å²) in [7, 11) is 0. The maximum absolute atomic E-state index is 11.5. The molecule has 9 heteroatoms. The summed E-state index contributed by atoms with van der Waals surface area (Å²) in [6, 6.07) is 0.187. The van der Waals surface area contributed by atoms with Gasteiger partial charge in [0, 0.05) is 6.54 Å². The Labute approximate surface area is 122 Å². The van der Waals surface area contributed by atoms with E-state index in [1.807, 2.05) is 20.8 Å². The number of aromatic nitrogens is 4. The van der Waals surface area contributed by atoms with Gasteiger partial charge in [0.05, 0.1) is 24.1 Å². The van der Waals surface area contributed by atoms with Crippen LogP contribution in [-0.2, 0) is 15.3 Å². The Morgan fingerprint density at radius 1 is 1.30 bits per heavy atom. The zero-order valence-electron chi connectivity index (χ0n) is 11.9. The minimum absolute atomic E-state index is 0.0109. The zero-order valence-corrected chi connectivity index (χ0v) is 12.7. The predicted octanol–water partition coefficient (Wildman–Crippen LogP) is -0.260. The summed E-state index contributed by atoms with van der Waals surface area (Å²) in [5, 5.41) is 16.6. The van der Waals surface area contributed by atoms with Gasteiger partial charge in [-0.3, -0.25) is 9.59 Å². The average Bonchev–Trinajstić information content (AvgIpc) is 2.85. The van der Waals surface area contributed by atoms with Crippen LogP contribution in [0.2, 0.25) is 0 Å². The number of hydrogen-bond acceptors (Lipinski definition) is 6. The monoisotopic (exact) mass is 300 g/mol. The van der Waals surface area contributed by atoms with E-state index >= 15 is 0 Å². The SMILES string of the molecule is CCNC(=O)CNC(=O)CSCc1nnnn1C(C)C. The molecular weight excluding hydrogens is 280 g/mol. The summed E-state index contributed by atoms with van der Waals surface area (Å²) in [5.41, 5.74) is 0. The Kier molecular flexibility index (Phi) is 6.99. The third-order valence-electron chi connectivity index (χ3n) is 2.33. The fourth-order valence-corrected chi connectivity index (χ4v) is 2.20. The van der Waals surface area contributed by atoms with Crippen LogP contribution in [0.3, 0.4) is 0 Å². The van der Waals surface area contributed by atoms with Crippen LogP contribution in [0.1, 0.15) is 32.6 Å². The first kappa shape index (κ1) is 16.4. The van der Waals surface area contributed by atoms with Crippen molar-refractivity contribution in [3.8, 4) is 0 Å². The van der Waals surface area contributed by atoms with Gasteiger partial charge in [-0.25, -0.2) is 4.68 Å². The lowest BCUT2D eigenvalue weighted by Crippen LogP contribution is -2.37. The molecule has 1 rings (SSSR count). The van der Waals surface area contributed by atoms with Gasteiger partial charge >= 0.3 is 0 Å². The van der Waals surface area contributed by atoms with Crippen molar-refractivity contribution in [3.63, 3.8) is 0 Å². The van der Waals surface area contributed by atoms with Gasteiger partial charge in [0.15, 0.2) is 5.82 Å². The van der Waals surface area contributed by atoms with Gasteiger partial charge in [0.25, 0.3) is 0 Å². The molecule has 0 spiro atoms. The third-order valence-corrected chi connectivity index (χ3v) is 3.26. The van der Waals surface area contributed by atoms with Gasteiger partial charge in [-0.15, -0.1) is 16.9 Å². The van der Waals surface area contributed by atoms with Crippen molar-refractivity contribution in [1.82, 2.24) is 30.8 Å². The number of nitrogens with zero attached hydrogens (tertiary/aromatic N) is 4. The molecule has 0 saturated heterocycles. The quantitative estimate of drug-likeness (QED) is 0.686. The van der Waals surface area contributed by atoms with Crippen molar-refractivity contribution in [3.05, 3.63) is 5.82 Å². The summed E-state index contributed by atoms with van der Waals surface area (Å²) in [6.07, 6.45) is 0. The molecule has 112 valence electrons. The average molecular weight is 300 g/mol. The molecule has 0 aromatic carbocycles. The molecule has 0 fully saturated rings. The van der Waals surface area contributed by atoms with Crippen molar-refractivity contribution in [2.75, 3.05) is 18.8 Å². The molecule has 0 radical (unpaired) electrons. The molecule has 2 N–H and O–H groups in total. The minimum atomic E-state index is -0.186. The highest BCUT2D eigenvalue weighted by atomic mass is 32.2. The van der Waals surface area contributed by atoms with E-state index in [9.17, 15) is 9.59 Å². The van der Waals surface area contributed by atoms with E-state index in [0.717, 1.165) is 5.82 Å². The molecule has 2 amide bonds. The van der Waals surface area contributed by atoms with Gasteiger partial charge in [-0.2, -0.15) is 0 Å². The van der Waals surface area contributed by atoms with Gasteiger partial charge in [-0.1, -0.05) is 0 Å². The molecule has 0 aliphatic carbocycles. The molecule has 0 aliphatic heterocycles. The van der Waals surface area contributed by atoms with Gasteiger partial charge < -0.3 is 10.6 Å². The van der Waals surface area contributed by atoms with Crippen molar-refractivity contribution in [2.24, 2.45) is 0 Å². The van der Waals surface area contributed by atoms with Gasteiger partial charge in [0.1, 0.15) is 0 Å². The second kappa shape index (κ2) is 8.51. The molecular formula is C11H20N6O2S. The number of nitrogens with one attached hydrogen (secondary N) is 2. The molecule has 20 heavy (non-hydrogen) atoms. The van der Waals surface area contributed by atoms with Crippen LogP contribution in [-0.4, -0.2) is 50.9 Å². The standard InChI is InChI=1S/C11H20N6O2S/c1-4-12-10(18)5-13-11(19)7-20-6-9-14-15-16-17(9)8(2)3/h8H,4-7H2,1-3H3,(H,12,18)(H,13,19). The number of amides is 2. The van der Waals surface area contributed by atoms with E-state index in [-0.39, 0.29) is 30.2 Å². The molecule has 0 unspecified atom stereocenters. The van der Waals surface area contributed by atoms with Crippen LogP contribution in [0, 0.1) is 0 Å². The molecule has 0 bridgehead atoms. The van der Waals surface area contributed by atoms with Crippen LogP contribution in [0.15, 0.2) is 0 Å². The number of likely N-dealkylation sites (N-methyl/N-ethyl adjacent to an activating group) is 1. The van der Waals surface area contributed by atoms with Crippen LogP contribution >= 0.6 is 11.8 Å². The fourth-order valence-electron chi connectivity index (χ4n) is 1.43. The first-order valence-corrected chi connectivity index (χ1v) is 7.58. The zero-order chi connectivity index (χ0) is 15.0. The normalized spacial score (nSPS) is 10.6. The Balaban J connectivity index is 2.25. The van der Waals surface area contributed by atoms with Gasteiger partial charge in [0.2, 0.25) is 11.8 Å². The summed E-state index contributed by atoms with van der Waals surface area (Å²) >= 11 is 1.41. The maximum Gasteiger partial charge on any atom is 0.239 e. The smallest absolute Gasteiger partial charge is 0.239 e. The van der Waals surface area contributed by atoms with E-state index in [1.165, 1.54) is 11.8 Å². The number of thioether (sulfide) groups is 1. The molecule has 1 aromatic rings. The topological polar surface area (TPSA) is 102 Å². The number of carbonyl (C=O) groups is 2. The van der Waals surface area contributed by atoms with E-state index in [1.54, 1.807) is 4.68 Å². The van der Waals surface area contributed by atoms with E-state index in [0.29, 0.717) is 12.3 Å². The van der Waals surface area contributed by atoms with E-state index < -0.39 is 0 Å². The largest absolute Gasteiger partial charge is 0.355 e. The second-order valence-electron chi connectivity index (χ2n) is 4.36. The van der Waals surface area contributed by atoms with Crippen LogP contribution < -0.4 is 10.6 Å². The Morgan fingerprint density at radius 2 is 2.05 bits per heavy atom. The highest BCUT2D eigenvalue weighted by Gasteiger charge is 2.10. The molecule has 0 atom stereocenters. The molecule has 8 nitrogen and oxygen atoms in total. The van der Waals surface area contributed by atoms with Crippen molar-refractivity contribution in [2.45, 2.75) is 32.6 Å². The molecule has 0 saturated carbocycles. The lowest BCUT2D eigenvalue weighted by molar-refractivity contribution is -0.124. The Bertz CT molecular complexity index is 448. The first-order valence-electron chi connectivity index (χ1n) is 6.42.